The van der Waals surface area contributed by atoms with Crippen LogP contribution in [0.5, 0.6) is 0 Å². The summed E-state index contributed by atoms with van der Waals surface area (Å²) >= 11 is 1.55. The second kappa shape index (κ2) is 8.71. The van der Waals surface area contributed by atoms with Gasteiger partial charge in [0.25, 0.3) is 0 Å². The third kappa shape index (κ3) is 6.68. The van der Waals surface area contributed by atoms with Crippen LogP contribution in [0.25, 0.3) is 0 Å². The summed E-state index contributed by atoms with van der Waals surface area (Å²) in [6, 6.07) is 3.85. The Hall–Kier alpha value is -1.40. The predicted molar refractivity (Wildman–Crippen MR) is 80.0 cm³/mol. The summed E-state index contributed by atoms with van der Waals surface area (Å²) in [5.74, 6) is -0.862. The Morgan fingerprint density at radius 3 is 2.55 bits per heavy atom. The first-order valence-corrected chi connectivity index (χ1v) is 7.53. The summed E-state index contributed by atoms with van der Waals surface area (Å²) in [6.45, 7) is 1.78. The Morgan fingerprint density at radius 2 is 2.00 bits per heavy atom. The molecule has 1 N–H and O–H groups in total. The van der Waals surface area contributed by atoms with Gasteiger partial charge in [0.2, 0.25) is 5.91 Å². The highest BCUT2D eigenvalue weighted by Crippen LogP contribution is 2.11. The second-order valence-corrected chi connectivity index (χ2v) is 5.97. The van der Waals surface area contributed by atoms with E-state index in [4.69, 9.17) is 5.11 Å². The molecule has 0 radical (unpaired) electrons. The third-order valence-electron chi connectivity index (χ3n) is 2.89. The van der Waals surface area contributed by atoms with Crippen molar-refractivity contribution in [2.45, 2.75) is 19.3 Å². The number of hydrogen-bond acceptors (Lipinski definition) is 4. The monoisotopic (exact) mass is 298 g/mol. The molecule has 1 amide bonds. The quantitative estimate of drug-likeness (QED) is 0.751. The fraction of sp³-hybridized carbons (Fsp3) is 0.571. The van der Waals surface area contributed by atoms with Gasteiger partial charge in [0.05, 0.1) is 12.8 Å². The fourth-order valence-electron chi connectivity index (χ4n) is 1.84. The molecule has 1 heterocycles. The molecule has 0 aliphatic carbocycles. The lowest BCUT2D eigenvalue weighted by atomic mass is 10.2. The number of carboxylic acid groups (broad SMARTS) is 1. The van der Waals surface area contributed by atoms with Gasteiger partial charge in [-0.2, -0.15) is 0 Å². The minimum atomic E-state index is -0.869. The average molecular weight is 298 g/mol. The van der Waals surface area contributed by atoms with Crippen molar-refractivity contribution >= 4 is 23.2 Å². The summed E-state index contributed by atoms with van der Waals surface area (Å²) in [5, 5.41) is 10.7. The molecule has 0 unspecified atom stereocenters. The number of carbonyl (C=O) groups is 2. The van der Waals surface area contributed by atoms with E-state index in [0.29, 0.717) is 13.0 Å². The Kier molecular flexibility index (Phi) is 7.25. The van der Waals surface area contributed by atoms with Crippen LogP contribution in [0.4, 0.5) is 0 Å². The zero-order valence-corrected chi connectivity index (χ0v) is 12.9. The molecule has 6 heteroatoms. The van der Waals surface area contributed by atoms with Gasteiger partial charge in [-0.3, -0.25) is 9.59 Å². The number of carboxylic acids is 1. The Balaban J connectivity index is 2.50. The molecule has 0 fully saturated rings. The standard InChI is InChI=1S/C14H22N2O3S/c1-15(2)7-4-8-16(9-6-14(18)19)13(17)11-12-5-3-10-20-12/h3,5,10H,4,6-9,11H2,1-2H3,(H,18,19). The maximum Gasteiger partial charge on any atom is 0.305 e. The number of hydrogen-bond donors (Lipinski definition) is 1. The van der Waals surface area contributed by atoms with Gasteiger partial charge in [-0.05, 0) is 38.5 Å². The van der Waals surface area contributed by atoms with Crippen LogP contribution in [0.3, 0.4) is 0 Å². The first kappa shape index (κ1) is 16.7. The molecule has 20 heavy (non-hydrogen) atoms. The smallest absolute Gasteiger partial charge is 0.305 e. The van der Waals surface area contributed by atoms with Gasteiger partial charge in [-0.1, -0.05) is 6.07 Å². The highest BCUT2D eigenvalue weighted by atomic mass is 32.1. The lowest BCUT2D eigenvalue weighted by Gasteiger charge is -2.22. The van der Waals surface area contributed by atoms with Gasteiger partial charge < -0.3 is 14.9 Å². The molecule has 0 bridgehead atoms. The lowest BCUT2D eigenvalue weighted by Crippen LogP contribution is -2.36. The van der Waals surface area contributed by atoms with Crippen LogP contribution in [0, 0.1) is 0 Å². The van der Waals surface area contributed by atoms with Crippen LogP contribution in [0.2, 0.25) is 0 Å². The van der Waals surface area contributed by atoms with Gasteiger partial charge in [0.1, 0.15) is 0 Å². The van der Waals surface area contributed by atoms with E-state index in [0.717, 1.165) is 17.8 Å². The summed E-state index contributed by atoms with van der Waals surface area (Å²) in [7, 11) is 3.96. The molecule has 0 spiro atoms. The van der Waals surface area contributed by atoms with Crippen LogP contribution < -0.4 is 0 Å². The number of rotatable bonds is 9. The van der Waals surface area contributed by atoms with Crippen molar-refractivity contribution in [3.05, 3.63) is 22.4 Å². The largest absolute Gasteiger partial charge is 0.481 e. The van der Waals surface area contributed by atoms with E-state index in [1.54, 1.807) is 16.2 Å². The first-order valence-electron chi connectivity index (χ1n) is 6.65. The molecule has 0 aliphatic rings. The van der Waals surface area contributed by atoms with Crippen LogP contribution >= 0.6 is 11.3 Å². The summed E-state index contributed by atoms with van der Waals surface area (Å²) in [5.41, 5.74) is 0. The topological polar surface area (TPSA) is 60.9 Å². The number of thiophene rings is 1. The molecular formula is C14H22N2O3S. The van der Waals surface area contributed by atoms with Crippen LogP contribution in [-0.2, 0) is 16.0 Å². The maximum atomic E-state index is 12.2. The van der Waals surface area contributed by atoms with Crippen molar-refractivity contribution in [1.82, 2.24) is 9.80 Å². The van der Waals surface area contributed by atoms with Crippen molar-refractivity contribution in [1.29, 1.82) is 0 Å². The van der Waals surface area contributed by atoms with E-state index in [9.17, 15) is 9.59 Å². The highest BCUT2D eigenvalue weighted by molar-refractivity contribution is 7.10. The van der Waals surface area contributed by atoms with Crippen LogP contribution in [0.15, 0.2) is 17.5 Å². The lowest BCUT2D eigenvalue weighted by molar-refractivity contribution is -0.138. The van der Waals surface area contributed by atoms with Gasteiger partial charge >= 0.3 is 5.97 Å². The Morgan fingerprint density at radius 1 is 1.25 bits per heavy atom. The number of amides is 1. The number of carbonyl (C=O) groups excluding carboxylic acids is 1. The molecule has 0 saturated heterocycles. The van der Waals surface area contributed by atoms with Gasteiger partial charge in [-0.15, -0.1) is 11.3 Å². The zero-order valence-electron chi connectivity index (χ0n) is 12.0. The van der Waals surface area contributed by atoms with E-state index < -0.39 is 5.97 Å². The summed E-state index contributed by atoms with van der Waals surface area (Å²) in [6.07, 6.45) is 1.21. The fourth-order valence-corrected chi connectivity index (χ4v) is 2.54. The van der Waals surface area contributed by atoms with E-state index in [1.807, 2.05) is 31.6 Å². The third-order valence-corrected chi connectivity index (χ3v) is 3.76. The summed E-state index contributed by atoms with van der Waals surface area (Å²) < 4.78 is 0. The first-order chi connectivity index (χ1) is 9.49. The molecule has 0 aliphatic heterocycles. The minimum absolute atomic E-state index is 0.00184. The average Bonchev–Trinajstić information content (AvgIpc) is 2.85. The second-order valence-electron chi connectivity index (χ2n) is 4.94. The van der Waals surface area contributed by atoms with Crippen LogP contribution in [-0.4, -0.2) is 60.5 Å². The molecule has 1 aromatic heterocycles. The van der Waals surface area contributed by atoms with E-state index in [-0.39, 0.29) is 18.9 Å². The molecule has 5 nitrogen and oxygen atoms in total. The van der Waals surface area contributed by atoms with Crippen molar-refractivity contribution in [3.63, 3.8) is 0 Å². The van der Waals surface area contributed by atoms with Crippen LogP contribution in [0.1, 0.15) is 17.7 Å². The van der Waals surface area contributed by atoms with E-state index in [1.165, 1.54) is 0 Å². The van der Waals surface area contributed by atoms with Crippen molar-refractivity contribution in [2.24, 2.45) is 0 Å². The molecule has 1 rings (SSSR count). The molecule has 1 aromatic rings. The number of nitrogens with zero attached hydrogens (tertiary/aromatic N) is 2. The molecule has 0 saturated carbocycles. The Bertz CT molecular complexity index is 418. The van der Waals surface area contributed by atoms with Crippen molar-refractivity contribution in [3.8, 4) is 0 Å². The predicted octanol–water partition coefficient (Wildman–Crippen LogP) is 1.55. The van der Waals surface area contributed by atoms with Crippen molar-refractivity contribution in [2.75, 3.05) is 33.7 Å². The SMILES string of the molecule is CN(C)CCCN(CCC(=O)O)C(=O)Cc1cccs1. The van der Waals surface area contributed by atoms with Crippen molar-refractivity contribution < 1.29 is 14.7 Å². The maximum absolute atomic E-state index is 12.2. The van der Waals surface area contributed by atoms with Gasteiger partial charge in [-0.25, -0.2) is 0 Å². The number of aliphatic carboxylic acids is 1. The molecule has 112 valence electrons. The molecule has 0 atom stereocenters. The van der Waals surface area contributed by atoms with E-state index >= 15 is 0 Å². The zero-order chi connectivity index (χ0) is 15.0. The summed E-state index contributed by atoms with van der Waals surface area (Å²) in [4.78, 5) is 27.6. The highest BCUT2D eigenvalue weighted by Gasteiger charge is 2.15. The molecular weight excluding hydrogens is 276 g/mol. The molecule has 0 aromatic carbocycles. The minimum Gasteiger partial charge on any atom is -0.481 e. The van der Waals surface area contributed by atoms with Gasteiger partial charge in [0.15, 0.2) is 0 Å². The van der Waals surface area contributed by atoms with Gasteiger partial charge in [0, 0.05) is 18.0 Å². The van der Waals surface area contributed by atoms with E-state index in [2.05, 4.69) is 4.90 Å². The normalized spacial score (nSPS) is 10.8. The Labute approximate surface area is 123 Å².